The molecule has 28 heavy (non-hydrogen) atoms. The zero-order valence-corrected chi connectivity index (χ0v) is 16.8. The number of nitrogens with one attached hydrogen (secondary N) is 1. The first-order valence-electron chi connectivity index (χ1n) is 9.91. The van der Waals surface area contributed by atoms with Gasteiger partial charge in [-0.15, -0.1) is 0 Å². The van der Waals surface area contributed by atoms with Crippen molar-refractivity contribution in [1.82, 2.24) is 5.32 Å². The van der Waals surface area contributed by atoms with E-state index >= 15 is 0 Å². The van der Waals surface area contributed by atoms with Crippen LogP contribution in [0.1, 0.15) is 73.6 Å². The average molecular weight is 391 g/mol. The highest BCUT2D eigenvalue weighted by atomic mass is 16.5. The molecular weight excluding hydrogens is 362 g/mol. The van der Waals surface area contributed by atoms with Crippen molar-refractivity contribution in [3.63, 3.8) is 0 Å². The summed E-state index contributed by atoms with van der Waals surface area (Å²) < 4.78 is 15.7. The largest absolute Gasteiger partial charge is 0.481 e. The van der Waals surface area contributed by atoms with Crippen molar-refractivity contribution in [2.24, 2.45) is 0 Å². The lowest BCUT2D eigenvalue weighted by atomic mass is 9.95. The summed E-state index contributed by atoms with van der Waals surface area (Å²) in [5.41, 5.74) is 0.338. The number of ether oxygens (including phenoxy) is 3. The van der Waals surface area contributed by atoms with Crippen molar-refractivity contribution < 1.29 is 28.6 Å². The molecule has 1 amide bonds. The van der Waals surface area contributed by atoms with Gasteiger partial charge in [0, 0.05) is 6.04 Å². The summed E-state index contributed by atoms with van der Waals surface area (Å²) in [4.78, 5) is 36.6. The highest BCUT2D eigenvalue weighted by molar-refractivity contribution is 5.96. The lowest BCUT2D eigenvalue weighted by molar-refractivity contribution is -0.128. The molecule has 1 atom stereocenters. The van der Waals surface area contributed by atoms with Crippen LogP contribution < -0.4 is 10.1 Å². The summed E-state index contributed by atoms with van der Waals surface area (Å²) >= 11 is 0. The third kappa shape index (κ3) is 6.25. The predicted octanol–water partition coefficient (Wildman–Crippen LogP) is 3.26. The molecule has 1 fully saturated rings. The van der Waals surface area contributed by atoms with Crippen LogP contribution in [-0.2, 0) is 14.3 Å². The SMILES string of the molecule is CCOC(=O)c1cc(O[C@H](C)C(=O)NC2CCCCC2)cc(C(=O)OCC)c1. The molecule has 2 rings (SSSR count). The number of benzene rings is 1. The van der Waals surface area contributed by atoms with Gasteiger partial charge in [0.15, 0.2) is 6.10 Å². The second-order valence-corrected chi connectivity index (χ2v) is 6.79. The van der Waals surface area contributed by atoms with Crippen LogP contribution in [0.4, 0.5) is 0 Å². The summed E-state index contributed by atoms with van der Waals surface area (Å²) in [6.45, 7) is 5.45. The molecule has 0 unspecified atom stereocenters. The van der Waals surface area contributed by atoms with E-state index in [2.05, 4.69) is 5.32 Å². The fourth-order valence-electron chi connectivity index (χ4n) is 3.15. The summed E-state index contributed by atoms with van der Waals surface area (Å²) in [6.07, 6.45) is 4.62. The first-order valence-corrected chi connectivity index (χ1v) is 9.91. The maximum Gasteiger partial charge on any atom is 0.338 e. The van der Waals surface area contributed by atoms with Crippen LogP contribution in [0.25, 0.3) is 0 Å². The number of hydrogen-bond donors (Lipinski definition) is 1. The van der Waals surface area contributed by atoms with E-state index in [1.165, 1.54) is 24.6 Å². The molecule has 1 aliphatic rings. The summed E-state index contributed by atoms with van der Waals surface area (Å²) in [7, 11) is 0. The van der Waals surface area contributed by atoms with Gasteiger partial charge in [-0.25, -0.2) is 9.59 Å². The molecule has 0 heterocycles. The Hall–Kier alpha value is -2.57. The van der Waals surface area contributed by atoms with Crippen LogP contribution >= 0.6 is 0 Å². The Morgan fingerprint density at radius 2 is 1.50 bits per heavy atom. The van der Waals surface area contributed by atoms with E-state index < -0.39 is 18.0 Å². The summed E-state index contributed by atoms with van der Waals surface area (Å²) in [5, 5.41) is 3.01. The molecule has 0 aromatic heterocycles. The minimum absolute atomic E-state index is 0.169. The highest BCUT2D eigenvalue weighted by Crippen LogP contribution is 2.21. The van der Waals surface area contributed by atoms with Crippen molar-refractivity contribution in [3.8, 4) is 5.75 Å². The van der Waals surface area contributed by atoms with Crippen LogP contribution in [0.2, 0.25) is 0 Å². The number of hydrogen-bond acceptors (Lipinski definition) is 6. The lowest BCUT2D eigenvalue weighted by Crippen LogP contribution is -2.43. The van der Waals surface area contributed by atoms with Gasteiger partial charge in [0.05, 0.1) is 24.3 Å². The Bertz CT molecular complexity index is 660. The smallest absolute Gasteiger partial charge is 0.338 e. The lowest BCUT2D eigenvalue weighted by Gasteiger charge is -2.24. The Morgan fingerprint density at radius 3 is 2.00 bits per heavy atom. The quantitative estimate of drug-likeness (QED) is 0.684. The van der Waals surface area contributed by atoms with E-state index in [0.29, 0.717) is 0 Å². The fourth-order valence-corrected chi connectivity index (χ4v) is 3.15. The molecule has 0 bridgehead atoms. The van der Waals surface area contributed by atoms with E-state index in [-0.39, 0.29) is 42.0 Å². The topological polar surface area (TPSA) is 90.9 Å². The van der Waals surface area contributed by atoms with Crippen LogP contribution in [0.3, 0.4) is 0 Å². The molecule has 0 radical (unpaired) electrons. The Balaban J connectivity index is 2.13. The number of esters is 2. The van der Waals surface area contributed by atoms with Gasteiger partial charge >= 0.3 is 11.9 Å². The van der Waals surface area contributed by atoms with Gasteiger partial charge in [-0.2, -0.15) is 0 Å². The van der Waals surface area contributed by atoms with Crippen LogP contribution in [0.5, 0.6) is 5.75 Å². The van der Waals surface area contributed by atoms with Gasteiger partial charge in [0.2, 0.25) is 0 Å². The standard InChI is InChI=1S/C21H29NO6/c1-4-26-20(24)15-11-16(21(25)27-5-2)13-18(12-15)28-14(3)19(23)22-17-9-7-6-8-10-17/h11-14,17H,4-10H2,1-3H3,(H,22,23)/t14-/m1/s1. The molecule has 7 nitrogen and oxygen atoms in total. The number of carbonyl (C=O) groups excluding carboxylic acids is 3. The molecule has 7 heteroatoms. The molecule has 1 N–H and O–H groups in total. The molecule has 1 aliphatic carbocycles. The van der Waals surface area contributed by atoms with Crippen molar-refractivity contribution in [2.75, 3.05) is 13.2 Å². The van der Waals surface area contributed by atoms with Crippen molar-refractivity contribution in [3.05, 3.63) is 29.3 Å². The maximum atomic E-state index is 12.4. The molecule has 1 aromatic carbocycles. The minimum atomic E-state index is -0.769. The van der Waals surface area contributed by atoms with Crippen molar-refractivity contribution in [2.45, 2.75) is 65.0 Å². The molecule has 0 saturated heterocycles. The first kappa shape index (κ1) is 21.7. The van der Waals surface area contributed by atoms with Crippen molar-refractivity contribution in [1.29, 1.82) is 0 Å². The molecule has 0 spiro atoms. The normalized spacial score (nSPS) is 15.4. The van der Waals surface area contributed by atoms with Gasteiger partial charge in [-0.3, -0.25) is 4.79 Å². The van der Waals surface area contributed by atoms with Gasteiger partial charge < -0.3 is 19.5 Å². The van der Waals surface area contributed by atoms with E-state index in [9.17, 15) is 14.4 Å². The molecule has 154 valence electrons. The Morgan fingerprint density at radius 1 is 0.964 bits per heavy atom. The zero-order chi connectivity index (χ0) is 20.5. The number of rotatable bonds is 8. The monoisotopic (exact) mass is 391 g/mol. The molecule has 0 aliphatic heterocycles. The van der Waals surface area contributed by atoms with Crippen molar-refractivity contribution >= 4 is 17.8 Å². The summed E-state index contributed by atoms with van der Waals surface area (Å²) in [6, 6.07) is 4.50. The third-order valence-electron chi connectivity index (χ3n) is 4.56. The first-order chi connectivity index (χ1) is 13.4. The van der Waals surface area contributed by atoms with Gasteiger partial charge in [-0.1, -0.05) is 19.3 Å². The van der Waals surface area contributed by atoms with E-state index in [1.54, 1.807) is 20.8 Å². The molecule has 1 saturated carbocycles. The van der Waals surface area contributed by atoms with E-state index in [1.807, 2.05) is 0 Å². The van der Waals surface area contributed by atoms with Crippen LogP contribution in [0.15, 0.2) is 18.2 Å². The van der Waals surface area contributed by atoms with Crippen LogP contribution in [-0.4, -0.2) is 43.2 Å². The Kier molecular flexibility index (Phi) is 8.29. The van der Waals surface area contributed by atoms with Gasteiger partial charge in [0.25, 0.3) is 5.91 Å². The molecule has 1 aromatic rings. The Labute approximate surface area is 165 Å². The average Bonchev–Trinajstić information content (AvgIpc) is 2.68. The number of amides is 1. The zero-order valence-electron chi connectivity index (χ0n) is 16.8. The predicted molar refractivity (Wildman–Crippen MR) is 103 cm³/mol. The second-order valence-electron chi connectivity index (χ2n) is 6.79. The third-order valence-corrected chi connectivity index (χ3v) is 4.56. The van der Waals surface area contributed by atoms with E-state index in [4.69, 9.17) is 14.2 Å². The number of carbonyl (C=O) groups is 3. The fraction of sp³-hybridized carbons (Fsp3) is 0.571. The van der Waals surface area contributed by atoms with Gasteiger partial charge in [0.1, 0.15) is 5.75 Å². The van der Waals surface area contributed by atoms with Crippen LogP contribution in [0, 0.1) is 0 Å². The van der Waals surface area contributed by atoms with E-state index in [0.717, 1.165) is 25.7 Å². The van der Waals surface area contributed by atoms with Gasteiger partial charge in [-0.05, 0) is 51.8 Å². The summed E-state index contributed by atoms with van der Waals surface area (Å²) in [5.74, 6) is -1.12. The molecular formula is C21H29NO6. The highest BCUT2D eigenvalue weighted by Gasteiger charge is 2.22. The second kappa shape index (κ2) is 10.7. The maximum absolute atomic E-state index is 12.4. The minimum Gasteiger partial charge on any atom is -0.481 e.